The Hall–Kier alpha value is -2.58. The van der Waals surface area contributed by atoms with Crippen molar-refractivity contribution in [2.24, 2.45) is 0 Å². The van der Waals surface area contributed by atoms with Gasteiger partial charge in [-0.2, -0.15) is 0 Å². The van der Waals surface area contributed by atoms with E-state index in [4.69, 9.17) is 21.1 Å². The number of likely N-dealkylation sites (N-methyl/N-ethyl adjacent to an activating group) is 1. The van der Waals surface area contributed by atoms with E-state index in [1.165, 1.54) is 51.2 Å². The lowest BCUT2D eigenvalue weighted by atomic mass is 10.1. The van der Waals surface area contributed by atoms with Gasteiger partial charge in [-0.25, -0.2) is 0 Å². The summed E-state index contributed by atoms with van der Waals surface area (Å²) >= 11 is 5.99. The first-order chi connectivity index (χ1) is 17.7. The number of aliphatic hydroxyl groups excluding tert-OH is 1. The summed E-state index contributed by atoms with van der Waals surface area (Å²) in [6.07, 6.45) is 14.5. The normalized spacial score (nSPS) is 15.2. The summed E-state index contributed by atoms with van der Waals surface area (Å²) in [5.74, 6) is -0.272. The van der Waals surface area contributed by atoms with Crippen LogP contribution in [0.5, 0.6) is 0 Å². The average molecular weight is 539 g/mol. The van der Waals surface area contributed by atoms with Crippen LogP contribution in [-0.4, -0.2) is 73.1 Å². The minimum atomic E-state index is -0.517. The zero-order valence-corrected chi connectivity index (χ0v) is 23.5. The number of aliphatic hydroxyl groups is 1. The van der Waals surface area contributed by atoms with E-state index < -0.39 is 11.8 Å². The predicted octanol–water partition coefficient (Wildman–Crippen LogP) is 4.83. The first-order valence-corrected chi connectivity index (χ1v) is 13.4. The summed E-state index contributed by atoms with van der Waals surface area (Å²) in [6.45, 7) is 2.53. The van der Waals surface area contributed by atoms with E-state index >= 15 is 0 Å². The predicted molar refractivity (Wildman–Crippen MR) is 145 cm³/mol. The molecule has 0 saturated heterocycles. The van der Waals surface area contributed by atoms with Crippen molar-refractivity contribution in [2.45, 2.75) is 77.2 Å². The van der Waals surface area contributed by atoms with Crippen molar-refractivity contribution in [1.82, 2.24) is 9.80 Å². The summed E-state index contributed by atoms with van der Waals surface area (Å²) in [5, 5.41) is 10.1. The lowest BCUT2D eigenvalue weighted by Gasteiger charge is -2.19. The number of carbonyl (C=O) groups is 3. The van der Waals surface area contributed by atoms with Gasteiger partial charge in [0.1, 0.15) is 11.5 Å². The molecule has 1 aliphatic rings. The lowest BCUT2D eigenvalue weighted by molar-refractivity contribution is -0.137. The number of methoxy groups -OCH3 is 2. The monoisotopic (exact) mass is 538 g/mol. The van der Waals surface area contributed by atoms with Gasteiger partial charge in [0.15, 0.2) is 0 Å². The summed E-state index contributed by atoms with van der Waals surface area (Å²) in [5.41, 5.74) is 2.05. The second-order valence-corrected chi connectivity index (χ2v) is 9.41. The highest BCUT2D eigenvalue weighted by Gasteiger charge is 2.27. The highest BCUT2D eigenvalue weighted by atomic mass is 35.5. The number of hydrogen-bond acceptors (Lipinski definition) is 6. The van der Waals surface area contributed by atoms with Gasteiger partial charge in [0.05, 0.1) is 26.9 Å². The minimum Gasteiger partial charge on any atom is -0.501 e. The van der Waals surface area contributed by atoms with Crippen LogP contribution in [-0.2, 0) is 23.9 Å². The Bertz CT molecular complexity index is 865. The summed E-state index contributed by atoms with van der Waals surface area (Å²) in [7, 11) is 4.56. The maximum atomic E-state index is 12.5. The fourth-order valence-corrected chi connectivity index (χ4v) is 3.96. The Morgan fingerprint density at radius 2 is 1.95 bits per heavy atom. The highest BCUT2D eigenvalue weighted by molar-refractivity contribution is 6.25. The van der Waals surface area contributed by atoms with E-state index in [-0.39, 0.29) is 31.5 Å². The topological polar surface area (TPSA) is 96.4 Å². The molecule has 0 fully saturated rings. The van der Waals surface area contributed by atoms with Crippen LogP contribution in [0.15, 0.2) is 46.9 Å². The zero-order valence-electron chi connectivity index (χ0n) is 22.7. The third kappa shape index (κ3) is 13.0. The molecule has 0 aliphatic carbocycles. The highest BCUT2D eigenvalue weighted by Crippen LogP contribution is 2.18. The Kier molecular flexibility index (Phi) is 16.3. The molecule has 0 aromatic carbocycles. The van der Waals surface area contributed by atoms with Crippen LogP contribution in [0.2, 0.25) is 0 Å². The van der Waals surface area contributed by atoms with E-state index in [9.17, 15) is 19.5 Å². The molecule has 1 aliphatic heterocycles. The third-order valence-corrected chi connectivity index (χ3v) is 6.41. The molecule has 0 aromatic heterocycles. The summed E-state index contributed by atoms with van der Waals surface area (Å²) < 4.78 is 10.4. The molecule has 0 aromatic rings. The van der Waals surface area contributed by atoms with Crippen molar-refractivity contribution in [1.29, 1.82) is 0 Å². The second-order valence-electron chi connectivity index (χ2n) is 9.19. The van der Waals surface area contributed by atoms with Crippen molar-refractivity contribution in [3.63, 3.8) is 0 Å². The Morgan fingerprint density at radius 3 is 2.57 bits per heavy atom. The van der Waals surface area contributed by atoms with Crippen LogP contribution in [0, 0.1) is 0 Å². The number of rotatable bonds is 18. The van der Waals surface area contributed by atoms with Gasteiger partial charge in [-0.3, -0.25) is 19.3 Å². The Labute approximate surface area is 226 Å². The zero-order chi connectivity index (χ0) is 27.6. The molecule has 0 saturated carbocycles. The molecule has 3 amide bonds. The van der Waals surface area contributed by atoms with Gasteiger partial charge in [0.25, 0.3) is 11.8 Å². The van der Waals surface area contributed by atoms with Crippen molar-refractivity contribution < 1.29 is 29.0 Å². The largest absolute Gasteiger partial charge is 0.501 e. The van der Waals surface area contributed by atoms with E-state index in [2.05, 4.69) is 6.92 Å². The van der Waals surface area contributed by atoms with Gasteiger partial charge in [0.2, 0.25) is 5.91 Å². The van der Waals surface area contributed by atoms with Gasteiger partial charge in [-0.05, 0) is 24.8 Å². The van der Waals surface area contributed by atoms with Gasteiger partial charge in [0, 0.05) is 44.1 Å². The number of nitrogens with zero attached hydrogens (tertiary/aromatic N) is 2. The fraction of sp³-hybridized carbons (Fsp3) is 0.607. The van der Waals surface area contributed by atoms with Crippen LogP contribution >= 0.6 is 11.6 Å². The molecule has 0 spiro atoms. The van der Waals surface area contributed by atoms with Crippen molar-refractivity contribution in [3.8, 4) is 0 Å². The van der Waals surface area contributed by atoms with Gasteiger partial charge in [-0.1, -0.05) is 62.8 Å². The smallest absolute Gasteiger partial charge is 0.257 e. The first kappa shape index (κ1) is 32.4. The number of halogens is 1. The van der Waals surface area contributed by atoms with Crippen molar-refractivity contribution in [3.05, 3.63) is 46.9 Å². The number of amides is 3. The Morgan fingerprint density at radius 1 is 1.22 bits per heavy atom. The molecule has 1 atom stereocenters. The van der Waals surface area contributed by atoms with Crippen molar-refractivity contribution in [2.75, 3.05) is 34.4 Å². The molecule has 1 heterocycles. The summed E-state index contributed by atoms with van der Waals surface area (Å²) in [6, 6.07) is 0. The number of carbonyl (C=O) groups excluding carboxylic acids is 3. The molecule has 1 unspecified atom stereocenters. The quantitative estimate of drug-likeness (QED) is 0.116. The van der Waals surface area contributed by atoms with Crippen molar-refractivity contribution >= 4 is 29.3 Å². The SMILES string of the molecule is CCCCCCCC(O)CC=CCCC(=O)N(C)CC(=CCl)CC(=CC(=O)N1CC(OC)=CC1=O)OC. The average Bonchev–Trinajstić information content (AvgIpc) is 3.27. The van der Waals surface area contributed by atoms with Crippen LogP contribution in [0.4, 0.5) is 0 Å². The van der Waals surface area contributed by atoms with Crippen LogP contribution in [0.1, 0.15) is 71.1 Å². The van der Waals surface area contributed by atoms with Gasteiger partial charge < -0.3 is 19.5 Å². The van der Waals surface area contributed by atoms with Crippen LogP contribution in [0.25, 0.3) is 0 Å². The minimum absolute atomic E-state index is 0.0444. The molecule has 0 bridgehead atoms. The third-order valence-electron chi connectivity index (χ3n) is 6.10. The molecule has 37 heavy (non-hydrogen) atoms. The van der Waals surface area contributed by atoms with Crippen LogP contribution in [0.3, 0.4) is 0 Å². The molecular formula is C28H43ClN2O6. The molecule has 208 valence electrons. The first-order valence-electron chi connectivity index (χ1n) is 12.9. The van der Waals surface area contributed by atoms with E-state index in [1.54, 1.807) is 11.9 Å². The number of ether oxygens (including phenoxy) is 2. The number of hydrogen-bond donors (Lipinski definition) is 1. The molecular weight excluding hydrogens is 496 g/mol. The van der Waals surface area contributed by atoms with E-state index in [0.717, 1.165) is 24.2 Å². The maximum Gasteiger partial charge on any atom is 0.257 e. The number of imide groups is 1. The number of allylic oxidation sites excluding steroid dienone is 2. The second kappa shape index (κ2) is 18.6. The van der Waals surface area contributed by atoms with Gasteiger partial charge in [-0.15, -0.1) is 0 Å². The molecule has 9 heteroatoms. The van der Waals surface area contributed by atoms with Crippen LogP contribution < -0.4 is 0 Å². The van der Waals surface area contributed by atoms with E-state index in [1.807, 2.05) is 12.2 Å². The number of unbranched alkanes of at least 4 members (excludes halogenated alkanes) is 4. The fourth-order valence-electron chi connectivity index (χ4n) is 3.82. The van der Waals surface area contributed by atoms with E-state index in [0.29, 0.717) is 36.4 Å². The lowest BCUT2D eigenvalue weighted by Crippen LogP contribution is -2.32. The molecule has 8 nitrogen and oxygen atoms in total. The molecule has 1 N–H and O–H groups in total. The van der Waals surface area contributed by atoms with Gasteiger partial charge >= 0.3 is 0 Å². The maximum absolute atomic E-state index is 12.5. The standard InChI is InChI=1S/C28H43ClN2O6/c1-5-6-7-8-10-13-23(32)14-11-9-12-15-26(33)30(2)20-22(19-29)16-24(36-3)17-27(34)31-21-25(37-4)18-28(31)35/h9,11,17-19,23,32H,5-8,10,12-16,20-21H2,1-4H3. The Balaban J connectivity index is 2.44. The molecule has 1 rings (SSSR count). The molecule has 0 radical (unpaired) electrons. The summed E-state index contributed by atoms with van der Waals surface area (Å²) in [4.78, 5) is 39.6.